The number of nitrogens with zero attached hydrogens (tertiary/aromatic N) is 3. The van der Waals surface area contributed by atoms with Crippen molar-refractivity contribution >= 4 is 21.6 Å². The lowest BCUT2D eigenvalue weighted by atomic mass is 10.1. The molecule has 0 aliphatic carbocycles. The molecule has 2 aromatic rings. The van der Waals surface area contributed by atoms with Gasteiger partial charge in [-0.2, -0.15) is 4.31 Å². The van der Waals surface area contributed by atoms with Gasteiger partial charge in [0.15, 0.2) is 0 Å². The fourth-order valence-corrected chi connectivity index (χ4v) is 4.48. The van der Waals surface area contributed by atoms with E-state index in [1.165, 1.54) is 16.7 Å². The Balaban J connectivity index is 1.66. The Morgan fingerprint density at radius 1 is 1.19 bits per heavy atom. The van der Waals surface area contributed by atoms with E-state index in [1.54, 1.807) is 24.3 Å². The van der Waals surface area contributed by atoms with E-state index in [0.29, 0.717) is 43.3 Å². The molecule has 0 radical (unpaired) electrons. The molecular formula is C17H20ClN3O4S. The molecule has 1 saturated heterocycles. The van der Waals surface area contributed by atoms with Crippen LogP contribution in [0.4, 0.5) is 0 Å². The fraction of sp³-hybridized carbons (Fsp3) is 0.412. The van der Waals surface area contributed by atoms with Crippen molar-refractivity contribution in [3.05, 3.63) is 41.7 Å². The molecule has 0 atom stereocenters. The smallest absolute Gasteiger partial charge is 0.316 e. The molecule has 1 aliphatic heterocycles. The number of hydrogen-bond donors (Lipinski definition) is 0. The first-order valence-corrected chi connectivity index (χ1v) is 10.2. The minimum atomic E-state index is -3.61. The van der Waals surface area contributed by atoms with Gasteiger partial charge in [0.05, 0.1) is 24.0 Å². The maximum Gasteiger partial charge on any atom is 0.316 e. The van der Waals surface area contributed by atoms with Crippen LogP contribution in [0.15, 0.2) is 41.6 Å². The molecule has 1 fully saturated rings. The first-order chi connectivity index (χ1) is 12.5. The van der Waals surface area contributed by atoms with Crippen LogP contribution in [0.2, 0.25) is 5.02 Å². The summed E-state index contributed by atoms with van der Waals surface area (Å²) in [7, 11) is -3.61. The molecule has 2 heterocycles. The second-order valence-electron chi connectivity index (χ2n) is 5.78. The van der Waals surface area contributed by atoms with Gasteiger partial charge < -0.3 is 9.47 Å². The van der Waals surface area contributed by atoms with Crippen LogP contribution in [0.1, 0.15) is 19.8 Å². The first-order valence-electron chi connectivity index (χ1n) is 8.37. The zero-order valence-corrected chi connectivity index (χ0v) is 15.9. The lowest BCUT2D eigenvalue weighted by Gasteiger charge is -2.31. The van der Waals surface area contributed by atoms with Crippen molar-refractivity contribution in [3.8, 4) is 11.8 Å². The van der Waals surface area contributed by atoms with Gasteiger partial charge in [-0.15, -0.1) is 0 Å². The largest absolute Gasteiger partial charge is 0.492 e. The zero-order chi connectivity index (χ0) is 18.6. The van der Waals surface area contributed by atoms with E-state index in [9.17, 15) is 8.42 Å². The third-order valence-corrected chi connectivity index (χ3v) is 6.17. The highest BCUT2D eigenvalue weighted by molar-refractivity contribution is 7.89. The van der Waals surface area contributed by atoms with Crippen LogP contribution in [-0.4, -0.2) is 48.5 Å². The SMILES string of the molecule is CCOc1ccccc1S(=O)(=O)N1CCC(Oc2ncc(Cl)cn2)CC1. The lowest BCUT2D eigenvalue weighted by Crippen LogP contribution is -2.42. The Hall–Kier alpha value is -1.90. The van der Waals surface area contributed by atoms with Gasteiger partial charge in [0, 0.05) is 13.1 Å². The number of halogens is 1. The van der Waals surface area contributed by atoms with Gasteiger partial charge in [-0.3, -0.25) is 0 Å². The predicted octanol–water partition coefficient (Wildman–Crippen LogP) is 2.76. The Bertz CT molecular complexity index is 837. The van der Waals surface area contributed by atoms with E-state index < -0.39 is 10.0 Å². The van der Waals surface area contributed by atoms with E-state index >= 15 is 0 Å². The van der Waals surface area contributed by atoms with Crippen LogP contribution in [0.5, 0.6) is 11.8 Å². The van der Waals surface area contributed by atoms with Crippen molar-refractivity contribution < 1.29 is 17.9 Å². The van der Waals surface area contributed by atoms with Crippen LogP contribution in [0, 0.1) is 0 Å². The topological polar surface area (TPSA) is 81.6 Å². The number of aromatic nitrogens is 2. The third kappa shape index (κ3) is 4.25. The summed E-state index contributed by atoms with van der Waals surface area (Å²) in [5.41, 5.74) is 0. The van der Waals surface area contributed by atoms with Crippen LogP contribution >= 0.6 is 11.6 Å². The van der Waals surface area contributed by atoms with Gasteiger partial charge in [-0.05, 0) is 31.9 Å². The summed E-state index contributed by atoms with van der Waals surface area (Å²) >= 11 is 5.75. The summed E-state index contributed by atoms with van der Waals surface area (Å²) in [6, 6.07) is 6.95. The average Bonchev–Trinajstić information content (AvgIpc) is 2.65. The lowest BCUT2D eigenvalue weighted by molar-refractivity contribution is 0.124. The number of hydrogen-bond acceptors (Lipinski definition) is 6. The molecule has 0 unspecified atom stereocenters. The highest BCUT2D eigenvalue weighted by Gasteiger charge is 2.32. The number of para-hydroxylation sites is 1. The molecule has 0 N–H and O–H groups in total. The van der Waals surface area contributed by atoms with Gasteiger partial charge in [0.2, 0.25) is 10.0 Å². The van der Waals surface area contributed by atoms with E-state index in [1.807, 2.05) is 6.92 Å². The minimum Gasteiger partial charge on any atom is -0.492 e. The van der Waals surface area contributed by atoms with Gasteiger partial charge in [-0.25, -0.2) is 18.4 Å². The monoisotopic (exact) mass is 397 g/mol. The van der Waals surface area contributed by atoms with Crippen LogP contribution < -0.4 is 9.47 Å². The van der Waals surface area contributed by atoms with E-state index in [2.05, 4.69) is 9.97 Å². The standard InChI is InChI=1S/C17H20ClN3O4S/c1-2-24-15-5-3-4-6-16(15)26(22,23)21-9-7-14(8-10-21)25-17-19-11-13(18)12-20-17/h3-6,11-12,14H,2,7-10H2,1H3. The van der Waals surface area contributed by atoms with E-state index in [0.717, 1.165) is 0 Å². The van der Waals surface area contributed by atoms with Gasteiger partial charge in [0.1, 0.15) is 16.7 Å². The van der Waals surface area contributed by atoms with Crippen molar-refractivity contribution in [1.29, 1.82) is 0 Å². The van der Waals surface area contributed by atoms with Crippen molar-refractivity contribution in [3.63, 3.8) is 0 Å². The highest BCUT2D eigenvalue weighted by Crippen LogP contribution is 2.29. The summed E-state index contributed by atoms with van der Waals surface area (Å²) in [6.07, 6.45) is 3.91. The second-order valence-corrected chi connectivity index (χ2v) is 8.13. The summed E-state index contributed by atoms with van der Waals surface area (Å²) in [5.74, 6) is 0.378. The first kappa shape index (κ1) is 18.9. The molecule has 3 rings (SSSR count). The Morgan fingerprint density at radius 3 is 2.50 bits per heavy atom. The van der Waals surface area contributed by atoms with Gasteiger partial charge in [0.25, 0.3) is 0 Å². The average molecular weight is 398 g/mol. The molecule has 7 nitrogen and oxygen atoms in total. The van der Waals surface area contributed by atoms with Crippen molar-refractivity contribution in [2.45, 2.75) is 30.8 Å². The molecule has 0 saturated carbocycles. The van der Waals surface area contributed by atoms with Crippen molar-refractivity contribution in [1.82, 2.24) is 14.3 Å². The highest BCUT2D eigenvalue weighted by atomic mass is 35.5. The molecular weight excluding hydrogens is 378 g/mol. The van der Waals surface area contributed by atoms with E-state index in [4.69, 9.17) is 21.1 Å². The number of rotatable bonds is 6. The summed E-state index contributed by atoms with van der Waals surface area (Å²) < 4.78 is 38.5. The quantitative estimate of drug-likeness (QED) is 0.745. The molecule has 140 valence electrons. The molecule has 1 aromatic carbocycles. The Kier molecular flexibility index (Phi) is 5.95. The fourth-order valence-electron chi connectivity index (χ4n) is 2.78. The molecule has 0 bridgehead atoms. The molecule has 0 amide bonds. The summed E-state index contributed by atoms with van der Waals surface area (Å²) in [4.78, 5) is 8.21. The van der Waals surface area contributed by atoms with Crippen LogP contribution in [0.3, 0.4) is 0 Å². The van der Waals surface area contributed by atoms with Gasteiger partial charge in [-0.1, -0.05) is 23.7 Å². The predicted molar refractivity (Wildman–Crippen MR) is 97.1 cm³/mol. The van der Waals surface area contributed by atoms with Crippen LogP contribution in [-0.2, 0) is 10.0 Å². The minimum absolute atomic E-state index is 0.134. The third-order valence-electron chi connectivity index (χ3n) is 4.04. The van der Waals surface area contributed by atoms with Gasteiger partial charge >= 0.3 is 6.01 Å². The molecule has 1 aliphatic rings. The maximum atomic E-state index is 13.0. The number of ether oxygens (including phenoxy) is 2. The number of piperidine rings is 1. The van der Waals surface area contributed by atoms with Crippen molar-refractivity contribution in [2.24, 2.45) is 0 Å². The van der Waals surface area contributed by atoms with Crippen LogP contribution in [0.25, 0.3) is 0 Å². The van der Waals surface area contributed by atoms with E-state index in [-0.39, 0.29) is 17.0 Å². The Morgan fingerprint density at radius 2 is 1.85 bits per heavy atom. The van der Waals surface area contributed by atoms with Crippen molar-refractivity contribution in [2.75, 3.05) is 19.7 Å². The Labute approximate surface area is 158 Å². The number of sulfonamides is 1. The molecule has 9 heteroatoms. The molecule has 0 spiro atoms. The normalized spacial score (nSPS) is 16.4. The zero-order valence-electron chi connectivity index (χ0n) is 14.3. The summed E-state index contributed by atoms with van der Waals surface area (Å²) in [6.45, 7) is 2.96. The molecule has 1 aromatic heterocycles. The maximum absolute atomic E-state index is 13.0. The number of benzene rings is 1. The second kappa shape index (κ2) is 8.20. The summed E-state index contributed by atoms with van der Waals surface area (Å²) in [5, 5.41) is 0.436. The molecule has 26 heavy (non-hydrogen) atoms.